The van der Waals surface area contributed by atoms with Crippen molar-refractivity contribution >= 4 is 21.6 Å². The Kier molecular flexibility index (Phi) is 4.89. The standard InChI is InChI=1S/C16H14ClF3N2O3S/c1-10-13(17)3-2-4-14(10)26(23,24)22-8-12(9-22)25-15-6-5-11(7-21-15)16(18,19)20/h2-7,12H,8-9H2,1H3. The van der Waals surface area contributed by atoms with E-state index in [1.165, 1.54) is 10.4 Å². The smallest absolute Gasteiger partial charge is 0.417 e. The summed E-state index contributed by atoms with van der Waals surface area (Å²) in [7, 11) is -3.71. The molecule has 0 aliphatic carbocycles. The lowest BCUT2D eigenvalue weighted by atomic mass is 10.2. The SMILES string of the molecule is Cc1c(Cl)cccc1S(=O)(=O)N1CC(Oc2ccc(C(F)(F)F)cn2)C1. The molecule has 5 nitrogen and oxygen atoms in total. The number of aromatic nitrogens is 1. The molecule has 1 aliphatic rings. The second-order valence-electron chi connectivity index (χ2n) is 5.81. The van der Waals surface area contributed by atoms with Gasteiger partial charge in [0.2, 0.25) is 15.9 Å². The van der Waals surface area contributed by atoms with Crippen molar-refractivity contribution in [1.29, 1.82) is 0 Å². The molecule has 0 amide bonds. The molecule has 26 heavy (non-hydrogen) atoms. The van der Waals surface area contributed by atoms with Crippen molar-refractivity contribution in [1.82, 2.24) is 9.29 Å². The first-order valence-electron chi connectivity index (χ1n) is 7.54. The van der Waals surface area contributed by atoms with Crippen molar-refractivity contribution in [3.8, 4) is 5.88 Å². The van der Waals surface area contributed by atoms with Crippen LogP contribution in [0.2, 0.25) is 5.02 Å². The molecule has 0 radical (unpaired) electrons. The van der Waals surface area contributed by atoms with E-state index in [0.717, 1.165) is 12.1 Å². The molecule has 0 unspecified atom stereocenters. The fourth-order valence-corrected chi connectivity index (χ4v) is 4.45. The Labute approximate surface area is 153 Å². The minimum atomic E-state index is -4.47. The van der Waals surface area contributed by atoms with Gasteiger partial charge in [-0.25, -0.2) is 13.4 Å². The number of alkyl halides is 3. The molecule has 1 fully saturated rings. The molecule has 0 atom stereocenters. The van der Waals surface area contributed by atoms with Gasteiger partial charge in [0, 0.05) is 17.3 Å². The lowest BCUT2D eigenvalue weighted by Gasteiger charge is -2.37. The van der Waals surface area contributed by atoms with Crippen LogP contribution in [-0.2, 0) is 16.2 Å². The van der Waals surface area contributed by atoms with Crippen molar-refractivity contribution in [2.45, 2.75) is 24.1 Å². The zero-order valence-corrected chi connectivity index (χ0v) is 15.1. The molecule has 1 aromatic carbocycles. The van der Waals surface area contributed by atoms with E-state index in [0.29, 0.717) is 16.8 Å². The molecular formula is C16H14ClF3N2O3S. The minimum Gasteiger partial charge on any atom is -0.472 e. The van der Waals surface area contributed by atoms with E-state index in [4.69, 9.17) is 16.3 Å². The molecule has 1 saturated heterocycles. The second kappa shape index (κ2) is 6.71. The van der Waals surface area contributed by atoms with Gasteiger partial charge in [-0.05, 0) is 30.7 Å². The largest absolute Gasteiger partial charge is 0.472 e. The quantitative estimate of drug-likeness (QED) is 0.779. The molecule has 0 N–H and O–H groups in total. The molecule has 140 valence electrons. The number of halogens is 4. The fourth-order valence-electron chi connectivity index (χ4n) is 2.47. The molecule has 1 aliphatic heterocycles. The highest BCUT2D eigenvalue weighted by Crippen LogP contribution is 2.31. The second-order valence-corrected chi connectivity index (χ2v) is 8.12. The highest BCUT2D eigenvalue weighted by molar-refractivity contribution is 7.89. The Morgan fingerprint density at radius 1 is 1.23 bits per heavy atom. The Morgan fingerprint density at radius 3 is 2.50 bits per heavy atom. The minimum absolute atomic E-state index is 0.0129. The highest BCUT2D eigenvalue weighted by Gasteiger charge is 2.39. The van der Waals surface area contributed by atoms with Crippen molar-refractivity contribution in [2.24, 2.45) is 0 Å². The van der Waals surface area contributed by atoms with Gasteiger partial charge >= 0.3 is 6.18 Å². The van der Waals surface area contributed by atoms with Gasteiger partial charge in [-0.2, -0.15) is 17.5 Å². The van der Waals surface area contributed by atoms with Gasteiger partial charge in [0.1, 0.15) is 6.10 Å². The zero-order valence-electron chi connectivity index (χ0n) is 13.5. The Bertz CT molecular complexity index is 911. The van der Waals surface area contributed by atoms with E-state index in [1.807, 2.05) is 0 Å². The molecule has 0 spiro atoms. The summed E-state index contributed by atoms with van der Waals surface area (Å²) in [5.41, 5.74) is -0.415. The van der Waals surface area contributed by atoms with E-state index in [1.54, 1.807) is 19.1 Å². The van der Waals surface area contributed by atoms with Crippen LogP contribution in [0.5, 0.6) is 5.88 Å². The van der Waals surface area contributed by atoms with Crippen molar-refractivity contribution in [2.75, 3.05) is 13.1 Å². The predicted octanol–water partition coefficient (Wildman–Crippen LogP) is 3.51. The summed E-state index contributed by atoms with van der Waals surface area (Å²) in [6, 6.07) is 6.62. The van der Waals surface area contributed by atoms with Gasteiger partial charge in [0.25, 0.3) is 0 Å². The highest BCUT2D eigenvalue weighted by atomic mass is 35.5. The number of sulfonamides is 1. The van der Waals surface area contributed by atoms with Crippen LogP contribution in [0.3, 0.4) is 0 Å². The van der Waals surface area contributed by atoms with Crippen LogP contribution in [0.15, 0.2) is 41.4 Å². The maximum absolute atomic E-state index is 12.6. The normalized spacial score (nSPS) is 16.3. The first-order valence-corrected chi connectivity index (χ1v) is 9.36. The molecule has 10 heteroatoms. The van der Waals surface area contributed by atoms with E-state index >= 15 is 0 Å². The Balaban J connectivity index is 1.64. The van der Waals surface area contributed by atoms with Crippen LogP contribution in [0.1, 0.15) is 11.1 Å². The summed E-state index contributed by atoms with van der Waals surface area (Å²) in [6.45, 7) is 1.78. The average molecular weight is 407 g/mol. The van der Waals surface area contributed by atoms with Gasteiger partial charge in [-0.1, -0.05) is 17.7 Å². The third-order valence-electron chi connectivity index (χ3n) is 4.00. The van der Waals surface area contributed by atoms with Crippen LogP contribution in [0, 0.1) is 6.92 Å². The monoisotopic (exact) mass is 406 g/mol. The first kappa shape index (κ1) is 18.9. The molecule has 1 aromatic heterocycles. The maximum Gasteiger partial charge on any atom is 0.417 e. The number of pyridine rings is 1. The maximum atomic E-state index is 12.6. The summed E-state index contributed by atoms with van der Waals surface area (Å²) in [6.07, 6.45) is -4.27. The Hall–Kier alpha value is -1.84. The number of hydrogen-bond acceptors (Lipinski definition) is 4. The van der Waals surface area contributed by atoms with Crippen LogP contribution < -0.4 is 4.74 Å². The third-order valence-corrected chi connectivity index (χ3v) is 6.39. The number of rotatable bonds is 4. The van der Waals surface area contributed by atoms with E-state index in [-0.39, 0.29) is 23.9 Å². The van der Waals surface area contributed by atoms with E-state index in [2.05, 4.69) is 4.98 Å². The van der Waals surface area contributed by atoms with E-state index < -0.39 is 27.9 Å². The van der Waals surface area contributed by atoms with E-state index in [9.17, 15) is 21.6 Å². The summed E-state index contributed by atoms with van der Waals surface area (Å²) in [5, 5.41) is 0.355. The van der Waals surface area contributed by atoms with Crippen molar-refractivity contribution < 1.29 is 26.3 Å². The fraction of sp³-hybridized carbons (Fsp3) is 0.312. The Morgan fingerprint density at radius 2 is 1.92 bits per heavy atom. The number of ether oxygens (including phenoxy) is 1. The lowest BCUT2D eigenvalue weighted by molar-refractivity contribution is -0.137. The van der Waals surface area contributed by atoms with Gasteiger partial charge < -0.3 is 4.74 Å². The third kappa shape index (κ3) is 3.65. The van der Waals surface area contributed by atoms with Crippen molar-refractivity contribution in [3.63, 3.8) is 0 Å². The van der Waals surface area contributed by atoms with Crippen LogP contribution >= 0.6 is 11.6 Å². The van der Waals surface area contributed by atoms with Crippen LogP contribution in [-0.4, -0.2) is 36.9 Å². The number of benzene rings is 1. The molecule has 0 saturated carbocycles. The van der Waals surface area contributed by atoms with Crippen LogP contribution in [0.4, 0.5) is 13.2 Å². The topological polar surface area (TPSA) is 59.5 Å². The number of nitrogens with zero attached hydrogens (tertiary/aromatic N) is 2. The van der Waals surface area contributed by atoms with Crippen molar-refractivity contribution in [3.05, 3.63) is 52.7 Å². The summed E-state index contributed by atoms with van der Waals surface area (Å²) in [4.78, 5) is 3.73. The molecular weight excluding hydrogens is 393 g/mol. The molecule has 2 heterocycles. The molecule has 0 bridgehead atoms. The zero-order chi connectivity index (χ0) is 19.1. The van der Waals surface area contributed by atoms with Gasteiger partial charge in [-0.15, -0.1) is 0 Å². The van der Waals surface area contributed by atoms with Gasteiger partial charge in [0.15, 0.2) is 0 Å². The number of hydrogen-bond donors (Lipinski definition) is 0. The summed E-state index contributed by atoms with van der Waals surface area (Å²) < 4.78 is 69.4. The van der Waals surface area contributed by atoms with Crippen LogP contribution in [0.25, 0.3) is 0 Å². The summed E-state index contributed by atoms with van der Waals surface area (Å²) in [5.74, 6) is 0.0129. The molecule has 3 rings (SSSR count). The van der Waals surface area contributed by atoms with Gasteiger partial charge in [-0.3, -0.25) is 0 Å². The van der Waals surface area contributed by atoms with Gasteiger partial charge in [0.05, 0.1) is 23.5 Å². The first-order chi connectivity index (χ1) is 12.1. The molecule has 2 aromatic rings. The lowest BCUT2D eigenvalue weighted by Crippen LogP contribution is -2.56. The predicted molar refractivity (Wildman–Crippen MR) is 88.6 cm³/mol. The average Bonchev–Trinajstić information content (AvgIpc) is 2.52. The summed E-state index contributed by atoms with van der Waals surface area (Å²) >= 11 is 5.97.